The first-order valence-corrected chi connectivity index (χ1v) is 29.4. The van der Waals surface area contributed by atoms with E-state index in [4.69, 9.17) is 9.47 Å². The van der Waals surface area contributed by atoms with Crippen molar-refractivity contribution in [3.05, 3.63) is 72.8 Å². The molecule has 0 fully saturated rings. The molecule has 3 aromatic carbocycles. The number of unbranched alkanes of at least 4 members (excludes halogenated alkanes) is 10. The Bertz CT molecular complexity index is 1640. The van der Waals surface area contributed by atoms with Crippen LogP contribution in [0.4, 0.5) is 17.1 Å². The Balaban J connectivity index is 1.36. The molecule has 5 rings (SSSR count). The molecule has 0 radical (unpaired) electrons. The average molecular weight is 774 g/mol. The summed E-state index contributed by atoms with van der Waals surface area (Å²) in [7, 11) is 2.22. The van der Waals surface area contributed by atoms with Crippen molar-refractivity contribution in [1.82, 2.24) is 4.57 Å². The molecule has 258 valence electrons. The van der Waals surface area contributed by atoms with E-state index in [-0.39, 0.29) is 0 Å². The van der Waals surface area contributed by atoms with Crippen LogP contribution in [0.1, 0.15) is 90.9 Å². The number of rotatable bonds is 20. The standard InChI is InChI=1S/C39H49N2O2S.3CH3.Sn/c1-4-6-8-10-12-14-27-42-34-21-16-31(17-22-34)41(32-18-23-35(24-19-32)43-28-15-13-11-9-7-5-2)33-20-25-36-38(30-33)40(3)37-26-29-44-39(36)37;;;;/h16-26,30H,4-15,27-28H2,1-3H3;3*1H3;. The van der Waals surface area contributed by atoms with Gasteiger partial charge in [0.15, 0.2) is 0 Å². The molecule has 48 heavy (non-hydrogen) atoms. The van der Waals surface area contributed by atoms with Crippen molar-refractivity contribution in [2.75, 3.05) is 18.1 Å². The molecule has 0 bridgehead atoms. The molecule has 0 atom stereocenters. The Kier molecular flexibility index (Phi) is 13.6. The fourth-order valence-electron chi connectivity index (χ4n) is 6.43. The first-order valence-electron chi connectivity index (χ1n) is 18.6. The maximum absolute atomic E-state index is 6.15. The SMILES string of the molecule is CCCCCCCCOc1ccc(N(c2ccc(OCCCCCCCC)cc2)c2ccc3c4s[c]([Sn]([CH3])([CH3])[CH3])cc4n(C)c3c2)cc1. The minimum absolute atomic E-state index is 0.775. The third kappa shape index (κ3) is 9.53. The number of fused-ring (bicyclic) bond motifs is 3. The molecule has 6 heteroatoms. The van der Waals surface area contributed by atoms with E-state index < -0.39 is 18.4 Å². The topological polar surface area (TPSA) is 26.6 Å². The van der Waals surface area contributed by atoms with Gasteiger partial charge in [-0.1, -0.05) is 78.1 Å². The number of nitrogens with zero attached hydrogens (tertiary/aromatic N) is 2. The van der Waals surface area contributed by atoms with E-state index in [1.807, 2.05) is 11.3 Å². The number of hydrogen-bond donors (Lipinski definition) is 0. The zero-order valence-corrected chi connectivity index (χ0v) is 34.1. The van der Waals surface area contributed by atoms with Gasteiger partial charge in [0.1, 0.15) is 0 Å². The van der Waals surface area contributed by atoms with Gasteiger partial charge in [-0.05, 0) is 12.8 Å². The minimum atomic E-state index is -2.15. The van der Waals surface area contributed by atoms with Crippen molar-refractivity contribution in [3.8, 4) is 11.5 Å². The van der Waals surface area contributed by atoms with Crippen LogP contribution in [-0.2, 0) is 7.05 Å². The van der Waals surface area contributed by atoms with Gasteiger partial charge in [-0.15, -0.1) is 0 Å². The third-order valence-corrected chi connectivity index (χ3v) is 20.0. The molecular weight excluding hydrogens is 715 g/mol. The van der Waals surface area contributed by atoms with Gasteiger partial charge < -0.3 is 9.47 Å². The predicted octanol–water partition coefficient (Wildman–Crippen LogP) is 12.9. The van der Waals surface area contributed by atoms with Crippen molar-refractivity contribution in [2.45, 2.75) is 106 Å². The molecule has 0 aliphatic heterocycles. The number of benzene rings is 3. The van der Waals surface area contributed by atoms with E-state index in [2.05, 4.69) is 118 Å². The van der Waals surface area contributed by atoms with Gasteiger partial charge in [0.05, 0.1) is 13.2 Å². The Hall–Kier alpha value is -2.64. The van der Waals surface area contributed by atoms with E-state index in [9.17, 15) is 0 Å². The Morgan fingerprint density at radius 1 is 0.583 bits per heavy atom. The van der Waals surface area contributed by atoms with Crippen molar-refractivity contribution in [1.29, 1.82) is 0 Å². The zero-order valence-electron chi connectivity index (χ0n) is 30.4. The number of anilines is 3. The summed E-state index contributed by atoms with van der Waals surface area (Å²) in [6.45, 7) is 6.08. The number of aryl methyl sites for hydroxylation is 1. The van der Waals surface area contributed by atoms with Gasteiger partial charge in [-0.2, -0.15) is 0 Å². The van der Waals surface area contributed by atoms with Crippen molar-refractivity contribution < 1.29 is 9.47 Å². The summed E-state index contributed by atoms with van der Waals surface area (Å²) in [5.74, 6) is 1.87. The van der Waals surface area contributed by atoms with Gasteiger partial charge in [0.25, 0.3) is 0 Å². The van der Waals surface area contributed by atoms with Gasteiger partial charge >= 0.3 is 186 Å². The molecule has 0 saturated carbocycles. The van der Waals surface area contributed by atoms with Crippen molar-refractivity contribution in [3.63, 3.8) is 0 Å². The van der Waals surface area contributed by atoms with Crippen LogP contribution in [0.5, 0.6) is 11.5 Å². The molecule has 0 unspecified atom stereocenters. The zero-order chi connectivity index (χ0) is 33.9. The van der Waals surface area contributed by atoms with Crippen molar-refractivity contribution >= 4 is 70.8 Å². The molecule has 0 amide bonds. The van der Waals surface area contributed by atoms with E-state index in [0.29, 0.717) is 0 Å². The summed E-state index contributed by atoms with van der Waals surface area (Å²) >= 11 is -0.132. The summed E-state index contributed by atoms with van der Waals surface area (Å²) in [5, 5.41) is 1.35. The molecule has 4 nitrogen and oxygen atoms in total. The number of aromatic nitrogens is 1. The molecular formula is C42H58N2O2SSn. The summed E-state index contributed by atoms with van der Waals surface area (Å²) in [6, 6.07) is 26.7. The average Bonchev–Trinajstić information content (AvgIpc) is 3.64. The third-order valence-electron chi connectivity index (χ3n) is 9.38. The Morgan fingerprint density at radius 3 is 1.56 bits per heavy atom. The van der Waals surface area contributed by atoms with Crippen LogP contribution in [0, 0.1) is 0 Å². The fraction of sp³-hybridized carbons (Fsp3) is 0.476. The Labute approximate surface area is 298 Å². The Morgan fingerprint density at radius 2 is 1.06 bits per heavy atom. The molecule has 5 aromatic rings. The molecule has 0 aliphatic rings. The normalized spacial score (nSPS) is 11.9. The van der Waals surface area contributed by atoms with Gasteiger partial charge in [0.2, 0.25) is 0 Å². The first-order chi connectivity index (χ1) is 23.3. The van der Waals surface area contributed by atoms with Crippen LogP contribution in [0.3, 0.4) is 0 Å². The second-order valence-electron chi connectivity index (χ2n) is 14.4. The van der Waals surface area contributed by atoms with E-state index in [1.54, 1.807) is 2.89 Å². The van der Waals surface area contributed by atoms with Gasteiger partial charge in [-0.3, -0.25) is 0 Å². The summed E-state index contributed by atoms with van der Waals surface area (Å²) in [5.41, 5.74) is 6.00. The molecule has 0 spiro atoms. The number of ether oxygens (including phenoxy) is 2. The first kappa shape index (κ1) is 36.6. The van der Waals surface area contributed by atoms with Crippen LogP contribution < -0.4 is 17.3 Å². The summed E-state index contributed by atoms with van der Waals surface area (Å²) in [4.78, 5) is 9.88. The summed E-state index contributed by atoms with van der Waals surface area (Å²) < 4.78 is 17.7. The van der Waals surface area contributed by atoms with E-state index >= 15 is 0 Å². The second-order valence-corrected chi connectivity index (χ2v) is 30.9. The van der Waals surface area contributed by atoms with Crippen LogP contribution in [-0.4, -0.2) is 36.2 Å². The van der Waals surface area contributed by atoms with Crippen molar-refractivity contribution in [2.24, 2.45) is 7.05 Å². The summed E-state index contributed by atoms with van der Waals surface area (Å²) in [6.07, 6.45) is 15.2. The molecule has 0 saturated heterocycles. The fourth-order valence-corrected chi connectivity index (χ4v) is 12.8. The predicted molar refractivity (Wildman–Crippen MR) is 214 cm³/mol. The molecule has 0 aliphatic carbocycles. The van der Waals surface area contributed by atoms with E-state index in [1.165, 1.54) is 85.3 Å². The second kappa shape index (κ2) is 17.8. The number of thiophene rings is 1. The van der Waals surface area contributed by atoms with E-state index in [0.717, 1.165) is 54.6 Å². The quantitative estimate of drug-likeness (QED) is 0.0582. The van der Waals surface area contributed by atoms with Gasteiger partial charge in [-0.25, -0.2) is 0 Å². The van der Waals surface area contributed by atoms with Crippen LogP contribution in [0.25, 0.3) is 21.1 Å². The van der Waals surface area contributed by atoms with Crippen LogP contribution >= 0.6 is 11.3 Å². The molecule has 0 N–H and O–H groups in total. The van der Waals surface area contributed by atoms with Gasteiger partial charge in [0, 0.05) is 0 Å². The number of hydrogen-bond acceptors (Lipinski definition) is 4. The van der Waals surface area contributed by atoms with Crippen LogP contribution in [0.15, 0.2) is 72.8 Å². The molecule has 2 heterocycles. The van der Waals surface area contributed by atoms with Crippen LogP contribution in [0.2, 0.25) is 14.8 Å². The molecule has 2 aromatic heterocycles. The monoisotopic (exact) mass is 774 g/mol. The maximum atomic E-state index is 6.15.